The minimum Gasteiger partial charge on any atom is -0.393 e. The number of likely N-dealkylation sites (N-methyl/N-ethyl adjacent to an activating group) is 2. The highest BCUT2D eigenvalue weighted by molar-refractivity contribution is 7.98. The summed E-state index contributed by atoms with van der Waals surface area (Å²) in [5.41, 5.74) is 1.15. The molecule has 0 radical (unpaired) electrons. The molecule has 128 valence electrons. The predicted octanol–water partition coefficient (Wildman–Crippen LogP) is 2.46. The standard InChI is InChI=1S/C18H28N2O2S/c1-19(12-15-5-4-6-17(15)21)13-18(22)20(2)11-14-7-9-16(23-3)10-8-14/h7-10,15,17,21H,4-6,11-13H2,1-3H3. The molecule has 2 atom stereocenters. The number of carbonyl (C=O) groups is 1. The zero-order valence-electron chi connectivity index (χ0n) is 14.4. The Bertz CT molecular complexity index is 506. The van der Waals surface area contributed by atoms with Crippen molar-refractivity contribution in [2.75, 3.05) is 33.4 Å². The molecule has 1 saturated carbocycles. The molecule has 5 heteroatoms. The SMILES string of the molecule is CSc1ccc(CN(C)C(=O)CN(C)CC2CCCC2O)cc1. The number of amides is 1. The summed E-state index contributed by atoms with van der Waals surface area (Å²) in [5.74, 6) is 0.436. The molecule has 2 rings (SSSR count). The van der Waals surface area contributed by atoms with E-state index < -0.39 is 0 Å². The monoisotopic (exact) mass is 336 g/mol. The molecule has 0 aliphatic heterocycles. The molecular weight excluding hydrogens is 308 g/mol. The Labute approximate surface area is 143 Å². The van der Waals surface area contributed by atoms with E-state index in [4.69, 9.17) is 0 Å². The lowest BCUT2D eigenvalue weighted by atomic mass is 10.1. The molecule has 1 N–H and O–H groups in total. The summed E-state index contributed by atoms with van der Waals surface area (Å²) < 4.78 is 0. The fraction of sp³-hybridized carbons (Fsp3) is 0.611. The van der Waals surface area contributed by atoms with E-state index in [2.05, 4.69) is 30.5 Å². The number of aliphatic hydroxyl groups excluding tert-OH is 1. The van der Waals surface area contributed by atoms with Crippen LogP contribution >= 0.6 is 11.8 Å². The first-order chi connectivity index (χ1) is 11.0. The van der Waals surface area contributed by atoms with Crippen LogP contribution in [0.5, 0.6) is 0 Å². The van der Waals surface area contributed by atoms with Gasteiger partial charge in [-0.25, -0.2) is 0 Å². The normalized spacial score (nSPS) is 20.9. The largest absolute Gasteiger partial charge is 0.393 e. The third kappa shape index (κ3) is 5.52. The first kappa shape index (κ1) is 18.3. The molecule has 1 aliphatic carbocycles. The fourth-order valence-corrected chi connectivity index (χ4v) is 3.55. The highest BCUT2D eigenvalue weighted by atomic mass is 32.2. The minimum atomic E-state index is -0.194. The van der Waals surface area contributed by atoms with Gasteiger partial charge in [-0.2, -0.15) is 0 Å². The van der Waals surface area contributed by atoms with Crippen LogP contribution in [0.25, 0.3) is 0 Å². The number of aliphatic hydroxyl groups is 1. The molecule has 4 nitrogen and oxygen atoms in total. The Kier molecular flexibility index (Phi) is 6.93. The number of hydrogen-bond acceptors (Lipinski definition) is 4. The van der Waals surface area contributed by atoms with Gasteiger partial charge in [0.2, 0.25) is 5.91 Å². The van der Waals surface area contributed by atoms with E-state index in [-0.39, 0.29) is 12.0 Å². The molecule has 0 heterocycles. The van der Waals surface area contributed by atoms with E-state index in [1.54, 1.807) is 16.7 Å². The second-order valence-electron chi connectivity index (χ2n) is 6.55. The summed E-state index contributed by atoms with van der Waals surface area (Å²) in [6, 6.07) is 8.33. The molecular formula is C18H28N2O2S. The highest BCUT2D eigenvalue weighted by Crippen LogP contribution is 2.25. The van der Waals surface area contributed by atoms with Crippen molar-refractivity contribution in [2.24, 2.45) is 5.92 Å². The van der Waals surface area contributed by atoms with Crippen molar-refractivity contribution in [2.45, 2.75) is 36.8 Å². The number of rotatable bonds is 7. The summed E-state index contributed by atoms with van der Waals surface area (Å²) >= 11 is 1.72. The van der Waals surface area contributed by atoms with Crippen molar-refractivity contribution in [3.05, 3.63) is 29.8 Å². The molecule has 0 saturated heterocycles. The molecule has 1 aliphatic rings. The summed E-state index contributed by atoms with van der Waals surface area (Å²) in [4.78, 5) is 17.4. The quantitative estimate of drug-likeness (QED) is 0.777. The Morgan fingerprint density at radius 3 is 2.52 bits per heavy atom. The van der Waals surface area contributed by atoms with E-state index in [0.29, 0.717) is 19.0 Å². The topological polar surface area (TPSA) is 43.8 Å². The van der Waals surface area contributed by atoms with Gasteiger partial charge < -0.3 is 10.0 Å². The lowest BCUT2D eigenvalue weighted by Crippen LogP contribution is -2.39. The van der Waals surface area contributed by atoms with Gasteiger partial charge in [0.1, 0.15) is 0 Å². The number of nitrogens with zero attached hydrogens (tertiary/aromatic N) is 2. The van der Waals surface area contributed by atoms with Crippen molar-refractivity contribution < 1.29 is 9.90 Å². The van der Waals surface area contributed by atoms with Crippen molar-refractivity contribution in [3.63, 3.8) is 0 Å². The molecule has 23 heavy (non-hydrogen) atoms. The molecule has 0 bridgehead atoms. The highest BCUT2D eigenvalue weighted by Gasteiger charge is 2.26. The molecule has 0 aromatic heterocycles. The minimum absolute atomic E-state index is 0.119. The van der Waals surface area contributed by atoms with Gasteiger partial charge in [0.25, 0.3) is 0 Å². The summed E-state index contributed by atoms with van der Waals surface area (Å²) in [5, 5.41) is 9.89. The van der Waals surface area contributed by atoms with E-state index in [9.17, 15) is 9.90 Å². The van der Waals surface area contributed by atoms with Crippen LogP contribution in [0.2, 0.25) is 0 Å². The summed E-state index contributed by atoms with van der Waals surface area (Å²) in [6.45, 7) is 1.83. The van der Waals surface area contributed by atoms with Crippen LogP contribution in [0.4, 0.5) is 0 Å². The first-order valence-electron chi connectivity index (χ1n) is 8.23. The third-order valence-corrected chi connectivity index (χ3v) is 5.32. The molecule has 0 spiro atoms. The van der Waals surface area contributed by atoms with Crippen LogP contribution < -0.4 is 0 Å². The van der Waals surface area contributed by atoms with Gasteiger partial charge >= 0.3 is 0 Å². The lowest BCUT2D eigenvalue weighted by molar-refractivity contribution is -0.131. The number of benzene rings is 1. The first-order valence-corrected chi connectivity index (χ1v) is 9.45. The maximum atomic E-state index is 12.4. The number of carbonyl (C=O) groups excluding carboxylic acids is 1. The second-order valence-corrected chi connectivity index (χ2v) is 7.43. The Balaban J connectivity index is 1.79. The predicted molar refractivity (Wildman–Crippen MR) is 95.5 cm³/mol. The smallest absolute Gasteiger partial charge is 0.236 e. The maximum absolute atomic E-state index is 12.4. The second kappa shape index (κ2) is 8.71. The number of hydrogen-bond donors (Lipinski definition) is 1. The Morgan fingerprint density at radius 1 is 1.26 bits per heavy atom. The third-order valence-electron chi connectivity index (χ3n) is 4.57. The van der Waals surface area contributed by atoms with Crippen LogP contribution in [0.1, 0.15) is 24.8 Å². The molecule has 1 aromatic rings. The lowest BCUT2D eigenvalue weighted by Gasteiger charge is -2.25. The van der Waals surface area contributed by atoms with Gasteiger partial charge in [-0.05, 0) is 49.8 Å². The molecule has 2 unspecified atom stereocenters. The van der Waals surface area contributed by atoms with E-state index in [1.165, 1.54) is 4.90 Å². The van der Waals surface area contributed by atoms with Crippen molar-refractivity contribution >= 4 is 17.7 Å². The van der Waals surface area contributed by atoms with Crippen LogP contribution in [0, 0.1) is 5.92 Å². The Hall–Kier alpha value is -1.04. The van der Waals surface area contributed by atoms with Crippen molar-refractivity contribution in [3.8, 4) is 0 Å². The zero-order chi connectivity index (χ0) is 16.8. The van der Waals surface area contributed by atoms with E-state index in [1.807, 2.05) is 19.0 Å². The fourth-order valence-electron chi connectivity index (χ4n) is 3.14. The summed E-state index contributed by atoms with van der Waals surface area (Å²) in [7, 11) is 3.81. The average molecular weight is 337 g/mol. The Morgan fingerprint density at radius 2 is 1.96 bits per heavy atom. The van der Waals surface area contributed by atoms with Gasteiger partial charge in [0, 0.05) is 25.0 Å². The van der Waals surface area contributed by atoms with Gasteiger partial charge in [-0.15, -0.1) is 11.8 Å². The van der Waals surface area contributed by atoms with Gasteiger partial charge in [0.15, 0.2) is 0 Å². The van der Waals surface area contributed by atoms with Gasteiger partial charge in [0.05, 0.1) is 12.6 Å². The van der Waals surface area contributed by atoms with Gasteiger partial charge in [-0.1, -0.05) is 18.6 Å². The van der Waals surface area contributed by atoms with Crippen LogP contribution in [-0.4, -0.2) is 60.4 Å². The number of thioether (sulfide) groups is 1. The average Bonchev–Trinajstić information content (AvgIpc) is 2.93. The maximum Gasteiger partial charge on any atom is 0.236 e. The summed E-state index contributed by atoms with van der Waals surface area (Å²) in [6.07, 6.45) is 4.93. The zero-order valence-corrected chi connectivity index (χ0v) is 15.2. The van der Waals surface area contributed by atoms with Crippen LogP contribution in [-0.2, 0) is 11.3 Å². The van der Waals surface area contributed by atoms with Crippen molar-refractivity contribution in [1.82, 2.24) is 9.80 Å². The molecule has 1 aromatic carbocycles. The molecule has 1 fully saturated rings. The van der Waals surface area contributed by atoms with Crippen molar-refractivity contribution in [1.29, 1.82) is 0 Å². The van der Waals surface area contributed by atoms with Crippen LogP contribution in [0.3, 0.4) is 0 Å². The van der Waals surface area contributed by atoms with Crippen LogP contribution in [0.15, 0.2) is 29.2 Å². The van der Waals surface area contributed by atoms with E-state index >= 15 is 0 Å². The van der Waals surface area contributed by atoms with Gasteiger partial charge in [-0.3, -0.25) is 9.69 Å². The van der Waals surface area contributed by atoms with E-state index in [0.717, 1.165) is 31.4 Å². The molecule has 1 amide bonds.